The number of hydrogen-bond donors (Lipinski definition) is 1. The molecule has 0 spiro atoms. The van der Waals surface area contributed by atoms with Gasteiger partial charge in [-0.05, 0) is 48.9 Å². The Morgan fingerprint density at radius 2 is 2.00 bits per heavy atom. The molecule has 0 radical (unpaired) electrons. The molecule has 6 nitrogen and oxygen atoms in total. The van der Waals surface area contributed by atoms with E-state index in [9.17, 15) is 14.4 Å². The second kappa shape index (κ2) is 6.78. The Kier molecular flexibility index (Phi) is 4.54. The summed E-state index contributed by atoms with van der Waals surface area (Å²) in [4.78, 5) is 37.5. The van der Waals surface area contributed by atoms with Crippen molar-refractivity contribution in [3.05, 3.63) is 70.7 Å². The largest absolute Gasteiger partial charge is 0.465 e. The molecular formula is C18H13ClN2O4. The number of carbonyl (C=O) groups excluding carboxylic acids is 3. The maximum atomic E-state index is 12.6. The maximum absolute atomic E-state index is 12.6. The van der Waals surface area contributed by atoms with Gasteiger partial charge in [0.15, 0.2) is 0 Å². The number of hydrogen-bond acceptors (Lipinski definition) is 4. The summed E-state index contributed by atoms with van der Waals surface area (Å²) in [6.07, 6.45) is 5.93. The van der Waals surface area contributed by atoms with Crippen molar-refractivity contribution in [2.45, 2.75) is 6.92 Å². The lowest BCUT2D eigenvalue weighted by molar-refractivity contribution is -0.122. The third-order valence-electron chi connectivity index (χ3n) is 3.58. The number of carbonyl (C=O) groups is 3. The van der Waals surface area contributed by atoms with Crippen LogP contribution in [0.1, 0.15) is 11.3 Å². The highest BCUT2D eigenvalue weighted by molar-refractivity contribution is 6.38. The number of nitrogens with zero attached hydrogens (tertiary/aromatic N) is 1. The Morgan fingerprint density at radius 3 is 2.68 bits per heavy atom. The zero-order valence-electron chi connectivity index (χ0n) is 13.2. The maximum Gasteiger partial charge on any atom is 0.335 e. The summed E-state index contributed by atoms with van der Waals surface area (Å²) in [6.45, 7) is 1.80. The van der Waals surface area contributed by atoms with Gasteiger partial charge in [0.05, 0.1) is 12.0 Å². The number of urea groups is 1. The minimum atomic E-state index is -0.818. The van der Waals surface area contributed by atoms with Crippen LogP contribution in [0.5, 0.6) is 0 Å². The summed E-state index contributed by atoms with van der Waals surface area (Å²) in [5.41, 5.74) is 0.925. The minimum absolute atomic E-state index is 0.167. The molecule has 2 aromatic rings. The van der Waals surface area contributed by atoms with Gasteiger partial charge >= 0.3 is 6.03 Å². The second-order valence-electron chi connectivity index (χ2n) is 5.29. The van der Waals surface area contributed by atoms with Crippen LogP contribution >= 0.6 is 11.6 Å². The average Bonchev–Trinajstić information content (AvgIpc) is 3.07. The van der Waals surface area contributed by atoms with E-state index in [2.05, 4.69) is 5.32 Å². The number of rotatable bonds is 3. The van der Waals surface area contributed by atoms with Crippen LogP contribution in [0.2, 0.25) is 5.02 Å². The molecule has 1 aromatic heterocycles. The van der Waals surface area contributed by atoms with Gasteiger partial charge in [-0.1, -0.05) is 23.7 Å². The summed E-state index contributed by atoms with van der Waals surface area (Å²) in [7, 11) is 0. The molecule has 1 aliphatic rings. The number of aryl methyl sites for hydroxylation is 1. The van der Waals surface area contributed by atoms with Gasteiger partial charge in [-0.2, -0.15) is 0 Å². The Bertz CT molecular complexity index is 913. The molecule has 7 heteroatoms. The van der Waals surface area contributed by atoms with Gasteiger partial charge in [0, 0.05) is 5.02 Å². The number of halogens is 1. The van der Waals surface area contributed by atoms with Gasteiger partial charge in [-0.15, -0.1) is 0 Å². The summed E-state index contributed by atoms with van der Waals surface area (Å²) < 4.78 is 5.13. The van der Waals surface area contributed by atoms with E-state index in [0.29, 0.717) is 10.8 Å². The van der Waals surface area contributed by atoms with Gasteiger partial charge < -0.3 is 4.42 Å². The lowest BCUT2D eigenvalue weighted by atomic mass is 10.1. The third kappa shape index (κ3) is 3.39. The van der Waals surface area contributed by atoms with Gasteiger partial charge in [-0.25, -0.2) is 9.69 Å². The minimum Gasteiger partial charge on any atom is -0.465 e. The summed E-state index contributed by atoms with van der Waals surface area (Å²) in [5.74, 6) is -0.912. The van der Waals surface area contributed by atoms with E-state index in [-0.39, 0.29) is 11.3 Å². The Hall–Kier alpha value is -3.12. The van der Waals surface area contributed by atoms with Crippen molar-refractivity contribution < 1.29 is 18.8 Å². The molecule has 0 atom stereocenters. The summed E-state index contributed by atoms with van der Waals surface area (Å²) in [6, 6.07) is 7.40. The van der Waals surface area contributed by atoms with Crippen molar-refractivity contribution in [2.75, 3.05) is 4.90 Å². The van der Waals surface area contributed by atoms with Gasteiger partial charge in [0.25, 0.3) is 11.8 Å². The first-order valence-electron chi connectivity index (χ1n) is 7.35. The van der Waals surface area contributed by atoms with Crippen molar-refractivity contribution in [3.63, 3.8) is 0 Å². The molecule has 126 valence electrons. The van der Waals surface area contributed by atoms with Crippen LogP contribution in [0.15, 0.2) is 58.7 Å². The third-order valence-corrected chi connectivity index (χ3v) is 3.99. The van der Waals surface area contributed by atoms with Crippen molar-refractivity contribution in [1.29, 1.82) is 0 Å². The molecule has 0 bridgehead atoms. The first-order valence-corrected chi connectivity index (χ1v) is 7.73. The highest BCUT2D eigenvalue weighted by Gasteiger charge is 2.36. The van der Waals surface area contributed by atoms with E-state index < -0.39 is 17.8 Å². The van der Waals surface area contributed by atoms with E-state index in [1.54, 1.807) is 37.3 Å². The number of amides is 4. The molecule has 1 fully saturated rings. The van der Waals surface area contributed by atoms with Crippen LogP contribution in [0.4, 0.5) is 10.5 Å². The van der Waals surface area contributed by atoms with Gasteiger partial charge in [-0.3, -0.25) is 14.9 Å². The molecule has 0 unspecified atom stereocenters. The van der Waals surface area contributed by atoms with Crippen molar-refractivity contribution in [2.24, 2.45) is 0 Å². The number of barbiturate groups is 1. The van der Waals surface area contributed by atoms with Crippen LogP contribution in [0.3, 0.4) is 0 Å². The first-order chi connectivity index (χ1) is 12.0. The molecule has 0 aliphatic carbocycles. The van der Waals surface area contributed by atoms with Crippen LogP contribution in [0, 0.1) is 6.92 Å². The fourth-order valence-electron chi connectivity index (χ4n) is 2.26. The van der Waals surface area contributed by atoms with Gasteiger partial charge in [0.2, 0.25) is 0 Å². The normalized spacial score (nSPS) is 16.8. The van der Waals surface area contributed by atoms with Crippen LogP contribution in [-0.2, 0) is 9.59 Å². The van der Waals surface area contributed by atoms with E-state index in [0.717, 1.165) is 10.5 Å². The standard InChI is InChI=1S/C18H13ClN2O4/c1-11-7-8-12(10-15(11)19)21-17(23)14(16(22)20-18(21)24)6-2-4-13-5-3-9-25-13/h2-10H,1H3,(H,20,22,24)/b4-2+,14-6-. The fourth-order valence-corrected chi connectivity index (χ4v) is 2.43. The van der Waals surface area contributed by atoms with Crippen molar-refractivity contribution >= 4 is 41.2 Å². The topological polar surface area (TPSA) is 79.6 Å². The van der Waals surface area contributed by atoms with E-state index in [1.807, 2.05) is 0 Å². The highest BCUT2D eigenvalue weighted by atomic mass is 35.5. The number of anilines is 1. The first kappa shape index (κ1) is 16.7. The summed E-state index contributed by atoms with van der Waals surface area (Å²) in [5, 5.41) is 2.56. The Balaban J connectivity index is 1.92. The number of allylic oxidation sites excluding steroid dienone is 2. The lowest BCUT2D eigenvalue weighted by Crippen LogP contribution is -2.54. The number of nitrogens with one attached hydrogen (secondary N) is 1. The van der Waals surface area contributed by atoms with Gasteiger partial charge in [0.1, 0.15) is 11.3 Å². The molecule has 1 aromatic carbocycles. The molecule has 25 heavy (non-hydrogen) atoms. The predicted molar refractivity (Wildman–Crippen MR) is 93.0 cm³/mol. The van der Waals surface area contributed by atoms with Crippen molar-refractivity contribution in [1.82, 2.24) is 5.32 Å². The van der Waals surface area contributed by atoms with E-state index in [1.165, 1.54) is 24.5 Å². The predicted octanol–water partition coefficient (Wildman–Crippen LogP) is 3.46. The second-order valence-corrected chi connectivity index (χ2v) is 5.70. The van der Waals surface area contributed by atoms with Crippen LogP contribution in [0.25, 0.3) is 6.08 Å². The molecule has 1 aliphatic heterocycles. The number of furan rings is 1. The average molecular weight is 357 g/mol. The fraction of sp³-hybridized carbons (Fsp3) is 0.0556. The molecule has 4 amide bonds. The molecule has 1 saturated heterocycles. The number of imide groups is 2. The lowest BCUT2D eigenvalue weighted by Gasteiger charge is -2.26. The van der Waals surface area contributed by atoms with E-state index in [4.69, 9.17) is 16.0 Å². The zero-order valence-corrected chi connectivity index (χ0v) is 13.9. The quantitative estimate of drug-likeness (QED) is 0.674. The van der Waals surface area contributed by atoms with Crippen LogP contribution < -0.4 is 10.2 Å². The highest BCUT2D eigenvalue weighted by Crippen LogP contribution is 2.26. The summed E-state index contributed by atoms with van der Waals surface area (Å²) >= 11 is 6.06. The van der Waals surface area contributed by atoms with E-state index >= 15 is 0 Å². The Morgan fingerprint density at radius 1 is 1.20 bits per heavy atom. The molecular weight excluding hydrogens is 344 g/mol. The molecule has 0 saturated carbocycles. The Labute approximate surface area is 148 Å². The van der Waals surface area contributed by atoms with Crippen molar-refractivity contribution in [3.8, 4) is 0 Å². The monoisotopic (exact) mass is 356 g/mol. The molecule has 1 N–H and O–H groups in total. The molecule has 2 heterocycles. The zero-order chi connectivity index (χ0) is 18.0. The van der Waals surface area contributed by atoms with Crippen LogP contribution in [-0.4, -0.2) is 17.8 Å². The molecule has 3 rings (SSSR count). The smallest absolute Gasteiger partial charge is 0.335 e. The number of benzene rings is 1. The SMILES string of the molecule is Cc1ccc(N2C(=O)NC(=O)/C(=C/C=C/c3ccco3)C2=O)cc1Cl.